The van der Waals surface area contributed by atoms with Crippen LogP contribution in [0.3, 0.4) is 0 Å². The molecule has 2 aromatic rings. The number of hydrogen-bond donors (Lipinski definition) is 0. The molecule has 0 radical (unpaired) electrons. The van der Waals surface area contributed by atoms with Crippen molar-refractivity contribution in [3.05, 3.63) is 70.1 Å². The molecule has 0 heterocycles. The second-order valence-electron chi connectivity index (χ2n) is 10.8. The molecule has 2 aliphatic carbocycles. The van der Waals surface area contributed by atoms with Crippen molar-refractivity contribution in [1.29, 1.82) is 0 Å². The molecule has 226 valence electrons. The van der Waals surface area contributed by atoms with Crippen LogP contribution in [-0.2, 0) is 6.18 Å². The van der Waals surface area contributed by atoms with Crippen molar-refractivity contribution in [3.63, 3.8) is 0 Å². The number of allylic oxidation sites excluding steroid dienone is 1. The highest BCUT2D eigenvalue weighted by atomic mass is 19.4. The lowest BCUT2D eigenvalue weighted by molar-refractivity contribution is -0.224. The number of halogens is 11. The molecule has 1 nitrogen and oxygen atoms in total. The Morgan fingerprint density at radius 2 is 1.15 bits per heavy atom. The van der Waals surface area contributed by atoms with E-state index >= 15 is 0 Å². The third kappa shape index (κ3) is 6.83. The van der Waals surface area contributed by atoms with Crippen LogP contribution in [0.4, 0.5) is 48.3 Å². The van der Waals surface area contributed by atoms with Crippen LogP contribution in [0.25, 0.3) is 5.83 Å². The van der Waals surface area contributed by atoms with E-state index in [9.17, 15) is 48.3 Å². The Kier molecular flexibility index (Phi) is 8.99. The number of hydrogen-bond acceptors (Lipinski definition) is 1. The summed E-state index contributed by atoms with van der Waals surface area (Å²) in [6, 6.07) is 1.69. The fourth-order valence-electron chi connectivity index (χ4n) is 6.23. The van der Waals surface area contributed by atoms with E-state index in [1.165, 1.54) is 0 Å². The number of ether oxygens (including phenoxy) is 1. The van der Waals surface area contributed by atoms with Crippen molar-refractivity contribution >= 4 is 5.83 Å². The highest BCUT2D eigenvalue weighted by molar-refractivity contribution is 5.61. The van der Waals surface area contributed by atoms with Gasteiger partial charge >= 0.3 is 12.3 Å². The van der Waals surface area contributed by atoms with Crippen molar-refractivity contribution in [1.82, 2.24) is 0 Å². The van der Waals surface area contributed by atoms with Crippen molar-refractivity contribution < 1.29 is 53.0 Å². The van der Waals surface area contributed by atoms with Crippen LogP contribution in [-0.4, -0.2) is 6.11 Å². The highest BCUT2D eigenvalue weighted by Gasteiger charge is 2.46. The van der Waals surface area contributed by atoms with Gasteiger partial charge in [-0.2, -0.15) is 22.0 Å². The Morgan fingerprint density at radius 3 is 1.59 bits per heavy atom. The standard InChI is InChI=1S/C29H27F11O/c1-14(30)27(35)18-10-21(31)25(22(32)11-18)17-4-2-15(3-5-17)16-6-8-19(9-7-16)29(39,40)41-20-12-23(33)26(24(34)13-20)28(36,37)38/h10-13,15-17,19H,2-9H2,1H3/b27-14+. The summed E-state index contributed by atoms with van der Waals surface area (Å²) in [5, 5.41) is 0. The maximum atomic E-state index is 14.8. The summed E-state index contributed by atoms with van der Waals surface area (Å²) in [7, 11) is 0. The molecule has 0 aliphatic heterocycles. The Labute approximate surface area is 229 Å². The molecular weight excluding hydrogens is 573 g/mol. The lowest BCUT2D eigenvalue weighted by Gasteiger charge is -2.39. The van der Waals surface area contributed by atoms with E-state index < -0.39 is 75.9 Å². The second kappa shape index (κ2) is 11.8. The molecule has 0 bridgehead atoms. The molecule has 0 atom stereocenters. The molecule has 2 saturated carbocycles. The average molecular weight is 601 g/mol. The number of alkyl halides is 5. The van der Waals surface area contributed by atoms with Crippen LogP contribution < -0.4 is 4.74 Å². The van der Waals surface area contributed by atoms with E-state index in [-0.39, 0.29) is 42.4 Å². The minimum Gasteiger partial charge on any atom is -0.432 e. The Bertz CT molecular complexity index is 1230. The van der Waals surface area contributed by atoms with Crippen molar-refractivity contribution in [3.8, 4) is 5.75 Å². The third-order valence-corrected chi connectivity index (χ3v) is 8.28. The molecular formula is C29H27F11O. The van der Waals surface area contributed by atoms with Crippen LogP contribution in [0.1, 0.15) is 80.9 Å². The van der Waals surface area contributed by atoms with Gasteiger partial charge in [-0.1, -0.05) is 0 Å². The van der Waals surface area contributed by atoms with Gasteiger partial charge < -0.3 is 4.74 Å². The third-order valence-electron chi connectivity index (χ3n) is 8.28. The van der Waals surface area contributed by atoms with Crippen molar-refractivity contribution in [2.45, 2.75) is 76.5 Å². The van der Waals surface area contributed by atoms with Gasteiger partial charge in [0.05, 0.1) is 5.92 Å². The molecule has 2 aromatic carbocycles. The van der Waals surface area contributed by atoms with Gasteiger partial charge in [0.1, 0.15) is 40.4 Å². The Morgan fingerprint density at radius 1 is 0.683 bits per heavy atom. The normalized spacial score (nSPS) is 24.7. The van der Waals surface area contributed by atoms with E-state index in [0.717, 1.165) is 19.1 Å². The maximum Gasteiger partial charge on any atom is 0.422 e. The largest absolute Gasteiger partial charge is 0.432 e. The lowest BCUT2D eigenvalue weighted by Crippen LogP contribution is -2.38. The van der Waals surface area contributed by atoms with Crippen LogP contribution >= 0.6 is 0 Å². The van der Waals surface area contributed by atoms with E-state index in [1.807, 2.05) is 0 Å². The molecule has 2 fully saturated rings. The minimum atomic E-state index is -5.34. The molecule has 0 amide bonds. The molecule has 0 saturated heterocycles. The summed E-state index contributed by atoms with van der Waals surface area (Å²) in [5.74, 6) is -11.3. The van der Waals surface area contributed by atoms with Crippen LogP contribution in [0.2, 0.25) is 0 Å². The summed E-state index contributed by atoms with van der Waals surface area (Å²) in [5.41, 5.74) is -2.90. The van der Waals surface area contributed by atoms with Gasteiger partial charge in [0.25, 0.3) is 0 Å². The Hall–Kier alpha value is -2.79. The first-order valence-corrected chi connectivity index (χ1v) is 13.2. The SMILES string of the molecule is C/C(F)=C(\F)c1cc(F)c(C2CCC(C3CCC(C(F)(F)Oc4cc(F)c(C(F)(F)F)c(F)c4)CC3)CC2)c(F)c1. The lowest BCUT2D eigenvalue weighted by atomic mass is 9.68. The van der Waals surface area contributed by atoms with Crippen LogP contribution in [0, 0.1) is 41.0 Å². The smallest absolute Gasteiger partial charge is 0.422 e. The van der Waals surface area contributed by atoms with Crippen LogP contribution in [0.15, 0.2) is 30.1 Å². The molecule has 12 heteroatoms. The zero-order valence-corrected chi connectivity index (χ0v) is 21.8. The van der Waals surface area contributed by atoms with E-state index in [1.54, 1.807) is 0 Å². The van der Waals surface area contributed by atoms with Crippen molar-refractivity contribution in [2.75, 3.05) is 0 Å². The van der Waals surface area contributed by atoms with Crippen molar-refractivity contribution in [2.24, 2.45) is 17.8 Å². The summed E-state index contributed by atoms with van der Waals surface area (Å²) in [6.45, 7) is 0.837. The summed E-state index contributed by atoms with van der Waals surface area (Å²) in [6.07, 6.45) is -6.47. The molecule has 0 aromatic heterocycles. The average Bonchev–Trinajstić information content (AvgIpc) is 2.86. The van der Waals surface area contributed by atoms with E-state index in [4.69, 9.17) is 0 Å². The number of benzene rings is 2. The van der Waals surface area contributed by atoms with Gasteiger partial charge in [-0.3, -0.25) is 0 Å². The zero-order chi connectivity index (χ0) is 30.3. The minimum absolute atomic E-state index is 0.000975. The first kappa shape index (κ1) is 31.2. The van der Waals surface area contributed by atoms with Gasteiger partial charge in [-0.15, -0.1) is 0 Å². The highest BCUT2D eigenvalue weighted by Crippen LogP contribution is 2.48. The van der Waals surface area contributed by atoms with Gasteiger partial charge in [0.15, 0.2) is 5.83 Å². The van der Waals surface area contributed by atoms with Gasteiger partial charge in [-0.05, 0) is 88.2 Å². The molecule has 41 heavy (non-hydrogen) atoms. The number of rotatable bonds is 6. The first-order valence-electron chi connectivity index (χ1n) is 13.2. The molecule has 0 spiro atoms. The van der Waals surface area contributed by atoms with E-state index in [0.29, 0.717) is 38.5 Å². The predicted molar refractivity (Wildman–Crippen MR) is 128 cm³/mol. The van der Waals surface area contributed by atoms with Gasteiger partial charge in [0, 0.05) is 23.3 Å². The second-order valence-corrected chi connectivity index (χ2v) is 10.8. The van der Waals surface area contributed by atoms with Gasteiger partial charge in [-0.25, -0.2) is 26.3 Å². The van der Waals surface area contributed by atoms with Gasteiger partial charge in [0.2, 0.25) is 0 Å². The topological polar surface area (TPSA) is 9.23 Å². The molecule has 0 unspecified atom stereocenters. The monoisotopic (exact) mass is 600 g/mol. The molecule has 0 N–H and O–H groups in total. The zero-order valence-electron chi connectivity index (χ0n) is 21.8. The molecule has 2 aliphatic rings. The summed E-state index contributed by atoms with van der Waals surface area (Å²) >= 11 is 0. The molecule has 4 rings (SSSR count). The van der Waals surface area contributed by atoms with E-state index in [2.05, 4.69) is 4.74 Å². The summed E-state index contributed by atoms with van der Waals surface area (Å²) in [4.78, 5) is 0. The predicted octanol–water partition coefficient (Wildman–Crippen LogP) is 10.6. The first-order chi connectivity index (χ1) is 19.1. The maximum absolute atomic E-state index is 14.8. The Balaban J connectivity index is 1.33. The quantitative estimate of drug-likeness (QED) is 0.300. The fraction of sp³-hybridized carbons (Fsp3) is 0.517. The summed E-state index contributed by atoms with van der Waals surface area (Å²) < 4.78 is 156. The fourth-order valence-corrected chi connectivity index (χ4v) is 6.23. The van der Waals surface area contributed by atoms with Crippen LogP contribution in [0.5, 0.6) is 5.75 Å².